The fourth-order valence-electron chi connectivity index (χ4n) is 1.66. The summed E-state index contributed by atoms with van der Waals surface area (Å²) in [6, 6.07) is 0. The number of allylic oxidation sites excluding steroid dienone is 6. The molecule has 0 aliphatic carbocycles. The van der Waals surface area contributed by atoms with E-state index in [1.54, 1.807) is 0 Å². The van der Waals surface area contributed by atoms with Crippen LogP contribution in [-0.2, 0) is 18.9 Å². The third kappa shape index (κ3) is 9.73. The van der Waals surface area contributed by atoms with E-state index in [2.05, 4.69) is 16.4 Å². The van der Waals surface area contributed by atoms with Crippen LogP contribution in [0.1, 0.15) is 60.8 Å². The number of nitrogens with one attached hydrogen (secondary N) is 3. The van der Waals surface area contributed by atoms with Crippen molar-refractivity contribution >= 4 is 10.5 Å². The molecule has 0 saturated carbocycles. The predicted octanol–water partition coefficient (Wildman–Crippen LogP) is 2.40. The van der Waals surface area contributed by atoms with Crippen molar-refractivity contribution < 1.29 is 18.9 Å². The highest BCUT2D eigenvalue weighted by Gasteiger charge is 2.37. The number of hydroxylamine groups is 3. The van der Waals surface area contributed by atoms with E-state index in [0.717, 1.165) is 36.4 Å². The zero-order valence-electron chi connectivity index (χ0n) is 16.0. The summed E-state index contributed by atoms with van der Waals surface area (Å²) in [6.07, 6.45) is 6.81. The van der Waals surface area contributed by atoms with Crippen LogP contribution in [0.25, 0.3) is 0 Å². The van der Waals surface area contributed by atoms with Gasteiger partial charge >= 0.3 is 6.16 Å². The van der Waals surface area contributed by atoms with Crippen molar-refractivity contribution in [3.63, 3.8) is 0 Å². The van der Waals surface area contributed by atoms with Crippen LogP contribution in [0.15, 0.2) is 35.3 Å². The van der Waals surface area contributed by atoms with E-state index >= 15 is 0 Å². The van der Waals surface area contributed by atoms with Gasteiger partial charge < -0.3 is 4.43 Å². The van der Waals surface area contributed by atoms with Gasteiger partial charge in [-0.05, 0) is 40.0 Å². The first-order valence-corrected chi connectivity index (χ1v) is 9.12. The van der Waals surface area contributed by atoms with Gasteiger partial charge in [-0.15, -0.1) is 0 Å². The van der Waals surface area contributed by atoms with Crippen LogP contribution >= 0.6 is 0 Å². The third-order valence-electron chi connectivity index (χ3n) is 2.79. The van der Waals surface area contributed by atoms with Crippen LogP contribution in [0.4, 0.5) is 0 Å². The van der Waals surface area contributed by atoms with Gasteiger partial charge in [0, 0.05) is 17.1 Å². The first-order valence-electron chi connectivity index (χ1n) is 8.30. The molecule has 0 aromatic carbocycles. The lowest BCUT2D eigenvalue weighted by atomic mass is 10.4. The molecule has 0 atom stereocenters. The molecule has 0 fully saturated rings. The summed E-state index contributed by atoms with van der Waals surface area (Å²) in [5.41, 5.74) is 10.8. The van der Waals surface area contributed by atoms with Crippen molar-refractivity contribution in [2.24, 2.45) is 0 Å². The van der Waals surface area contributed by atoms with Crippen molar-refractivity contribution in [1.29, 1.82) is 0 Å². The van der Waals surface area contributed by atoms with E-state index in [1.807, 2.05) is 59.8 Å². The van der Waals surface area contributed by atoms with Gasteiger partial charge in [-0.1, -0.05) is 39.0 Å². The molecular formula is C16H33N3O4Si. The average molecular weight is 360 g/mol. The number of rotatable bonds is 13. The minimum atomic E-state index is -1.76. The molecule has 0 aromatic rings. The van der Waals surface area contributed by atoms with Gasteiger partial charge in [-0.25, -0.2) is 0 Å². The first-order chi connectivity index (χ1) is 11.4. The second kappa shape index (κ2) is 13.0. The minimum Gasteiger partial charge on any atom is -0.352 e. The first kappa shape index (κ1) is 22.7. The molecule has 24 heavy (non-hydrogen) atoms. The average Bonchev–Trinajstić information content (AvgIpc) is 2.55. The second-order valence-electron chi connectivity index (χ2n) is 5.20. The van der Waals surface area contributed by atoms with Crippen LogP contribution in [-0.4, -0.2) is 16.6 Å². The van der Waals surface area contributed by atoms with Crippen molar-refractivity contribution in [2.45, 2.75) is 67.0 Å². The molecule has 0 unspecified atom stereocenters. The fourth-order valence-corrected chi connectivity index (χ4v) is 1.91. The Bertz CT molecular complexity index is 379. The third-order valence-corrected chi connectivity index (χ3v) is 3.29. The Morgan fingerprint density at radius 2 is 1.04 bits per heavy atom. The summed E-state index contributed by atoms with van der Waals surface area (Å²) in [5.74, 6) is 0. The second-order valence-corrected chi connectivity index (χ2v) is 5.61. The molecule has 0 aromatic heterocycles. The lowest BCUT2D eigenvalue weighted by molar-refractivity contribution is -0.509. The van der Waals surface area contributed by atoms with Crippen molar-refractivity contribution in [1.82, 2.24) is 16.4 Å². The van der Waals surface area contributed by atoms with Crippen molar-refractivity contribution in [2.75, 3.05) is 0 Å². The standard InChI is InChI=1S/C16H33N3O4Si/c1-7-10-13(4)17-20-16(23-24,21-18-14(5)11-8-2)22-19-15(6)12-9-3/h10-12,17-19H,7-9H2,1-6,24H3. The normalized spacial score (nSPS) is 16.0. The van der Waals surface area contributed by atoms with Gasteiger partial charge in [-0.3, -0.25) is 16.4 Å². The Balaban J connectivity index is 5.01. The highest BCUT2D eigenvalue weighted by atomic mass is 28.2. The SMILES string of the molecule is CCC=C(C)NOC(O[SiH3])(ONC(C)=CCC)ONC(C)=CCC. The van der Waals surface area contributed by atoms with Gasteiger partial charge in [0.1, 0.15) is 0 Å². The van der Waals surface area contributed by atoms with Crippen molar-refractivity contribution in [3.8, 4) is 0 Å². The molecule has 0 amide bonds. The summed E-state index contributed by atoms with van der Waals surface area (Å²) in [6.45, 7) is 11.8. The number of hydrogen-bond donors (Lipinski definition) is 3. The molecular weight excluding hydrogens is 326 g/mol. The Kier molecular flexibility index (Phi) is 12.3. The Morgan fingerprint density at radius 3 is 1.25 bits per heavy atom. The van der Waals surface area contributed by atoms with Gasteiger partial charge in [0.2, 0.25) is 0 Å². The molecule has 7 nitrogen and oxygen atoms in total. The molecule has 0 aliphatic rings. The highest BCUT2D eigenvalue weighted by Crippen LogP contribution is 2.14. The lowest BCUT2D eigenvalue weighted by Crippen LogP contribution is -2.50. The van der Waals surface area contributed by atoms with Crippen molar-refractivity contribution in [3.05, 3.63) is 35.3 Å². The van der Waals surface area contributed by atoms with E-state index in [1.165, 1.54) is 0 Å². The smallest absolute Gasteiger partial charge is 0.352 e. The summed E-state index contributed by atoms with van der Waals surface area (Å²) in [5, 5.41) is 0. The maximum absolute atomic E-state index is 5.52. The molecule has 0 saturated heterocycles. The Hall–Kier alpha value is -1.32. The molecule has 0 aliphatic heterocycles. The summed E-state index contributed by atoms with van der Waals surface area (Å²) >= 11 is 0. The largest absolute Gasteiger partial charge is 0.465 e. The van der Waals surface area contributed by atoms with E-state index in [-0.39, 0.29) is 0 Å². The zero-order chi connectivity index (χ0) is 18.4. The van der Waals surface area contributed by atoms with Crippen LogP contribution < -0.4 is 16.4 Å². The number of hydrogen-bond acceptors (Lipinski definition) is 7. The van der Waals surface area contributed by atoms with Crippen LogP contribution in [0, 0.1) is 0 Å². The summed E-state index contributed by atoms with van der Waals surface area (Å²) in [4.78, 5) is 16.6. The topological polar surface area (TPSA) is 73.0 Å². The monoisotopic (exact) mass is 359 g/mol. The van der Waals surface area contributed by atoms with Crippen LogP contribution in [0.5, 0.6) is 0 Å². The maximum atomic E-state index is 5.52. The lowest BCUT2D eigenvalue weighted by Gasteiger charge is -2.30. The Morgan fingerprint density at radius 1 is 0.750 bits per heavy atom. The van der Waals surface area contributed by atoms with E-state index < -0.39 is 6.16 Å². The van der Waals surface area contributed by atoms with Gasteiger partial charge in [0.25, 0.3) is 0 Å². The zero-order valence-corrected chi connectivity index (χ0v) is 18.0. The Labute approximate surface area is 148 Å². The van der Waals surface area contributed by atoms with Crippen LogP contribution in [0.3, 0.4) is 0 Å². The van der Waals surface area contributed by atoms with E-state index in [0.29, 0.717) is 10.5 Å². The molecule has 0 heterocycles. The summed E-state index contributed by atoms with van der Waals surface area (Å²) in [7, 11) is 0.330. The summed E-state index contributed by atoms with van der Waals surface area (Å²) < 4.78 is 5.43. The molecule has 8 heteroatoms. The molecule has 0 spiro atoms. The van der Waals surface area contributed by atoms with E-state index in [9.17, 15) is 0 Å². The maximum Gasteiger partial charge on any atom is 0.465 e. The van der Waals surface area contributed by atoms with Gasteiger partial charge in [0.05, 0.1) is 0 Å². The molecule has 3 N–H and O–H groups in total. The molecule has 0 radical (unpaired) electrons. The molecule has 140 valence electrons. The highest BCUT2D eigenvalue weighted by molar-refractivity contribution is 5.98. The van der Waals surface area contributed by atoms with Gasteiger partial charge in [0.15, 0.2) is 10.5 Å². The fraction of sp³-hybridized carbons (Fsp3) is 0.625. The molecule has 0 rings (SSSR count). The minimum absolute atomic E-state index is 0.330. The predicted molar refractivity (Wildman–Crippen MR) is 98.6 cm³/mol. The molecule has 0 bridgehead atoms. The van der Waals surface area contributed by atoms with Gasteiger partial charge in [-0.2, -0.15) is 14.5 Å². The van der Waals surface area contributed by atoms with E-state index in [4.69, 9.17) is 18.9 Å². The quantitative estimate of drug-likeness (QED) is 0.265. The van der Waals surface area contributed by atoms with Crippen LogP contribution in [0.2, 0.25) is 0 Å².